The Bertz CT molecular complexity index is 249. The average Bonchev–Trinajstić information content (AvgIpc) is 2.83. The maximum atomic E-state index is 12.3. The van der Waals surface area contributed by atoms with Gasteiger partial charge in [-0.2, -0.15) is 0 Å². The Kier molecular flexibility index (Phi) is 2.45. The standard InChI is InChI=1S/C13H21NO/c15-13(14-7-1-2-8-14)12-9-10-3-5-11(12)6-4-10/h10-12H,1-9H2. The molecule has 4 rings (SSSR count). The molecule has 84 valence electrons. The topological polar surface area (TPSA) is 20.3 Å². The van der Waals surface area contributed by atoms with Crippen molar-refractivity contribution in [1.29, 1.82) is 0 Å². The third kappa shape index (κ3) is 1.68. The van der Waals surface area contributed by atoms with Crippen LogP contribution in [0.5, 0.6) is 0 Å². The van der Waals surface area contributed by atoms with Gasteiger partial charge in [0, 0.05) is 19.0 Å². The number of fused-ring (bicyclic) bond motifs is 3. The van der Waals surface area contributed by atoms with Crippen molar-refractivity contribution in [3.05, 3.63) is 0 Å². The molecule has 0 N–H and O–H groups in total. The number of likely N-dealkylation sites (tertiary alicyclic amines) is 1. The molecule has 15 heavy (non-hydrogen) atoms. The van der Waals surface area contributed by atoms with Crippen molar-refractivity contribution in [3.8, 4) is 0 Å². The van der Waals surface area contributed by atoms with Crippen LogP contribution in [-0.4, -0.2) is 23.9 Å². The van der Waals surface area contributed by atoms with Gasteiger partial charge in [0.15, 0.2) is 0 Å². The number of hydrogen-bond acceptors (Lipinski definition) is 1. The van der Waals surface area contributed by atoms with Gasteiger partial charge in [-0.15, -0.1) is 0 Å². The van der Waals surface area contributed by atoms with Crippen LogP contribution in [0.15, 0.2) is 0 Å². The zero-order chi connectivity index (χ0) is 10.3. The highest BCUT2D eigenvalue weighted by atomic mass is 16.2. The first-order valence-electron chi connectivity index (χ1n) is 6.63. The van der Waals surface area contributed by atoms with Crippen LogP contribution in [0.4, 0.5) is 0 Å². The fourth-order valence-electron chi connectivity index (χ4n) is 3.85. The number of hydrogen-bond donors (Lipinski definition) is 0. The Morgan fingerprint density at radius 1 is 1.00 bits per heavy atom. The van der Waals surface area contributed by atoms with E-state index in [1.807, 2.05) is 0 Å². The van der Waals surface area contributed by atoms with Crippen LogP contribution in [0.25, 0.3) is 0 Å². The summed E-state index contributed by atoms with van der Waals surface area (Å²) in [6.45, 7) is 2.07. The molecule has 3 aliphatic carbocycles. The van der Waals surface area contributed by atoms with Crippen molar-refractivity contribution >= 4 is 5.91 Å². The minimum atomic E-state index is 0.413. The molecule has 4 aliphatic rings. The summed E-state index contributed by atoms with van der Waals surface area (Å²) in [5, 5.41) is 0. The molecular weight excluding hydrogens is 186 g/mol. The van der Waals surface area contributed by atoms with Crippen LogP contribution in [0.2, 0.25) is 0 Å². The lowest BCUT2D eigenvalue weighted by Gasteiger charge is -2.42. The molecule has 0 aromatic heterocycles. The Balaban J connectivity index is 1.68. The van der Waals surface area contributed by atoms with Gasteiger partial charge in [0.05, 0.1) is 0 Å². The maximum Gasteiger partial charge on any atom is 0.225 e. The van der Waals surface area contributed by atoms with Crippen LogP contribution < -0.4 is 0 Å². The number of carbonyl (C=O) groups is 1. The highest BCUT2D eigenvalue weighted by molar-refractivity contribution is 5.79. The molecule has 0 aromatic rings. The summed E-state index contributed by atoms with van der Waals surface area (Å²) in [6.07, 6.45) is 9.12. The number of nitrogens with zero attached hydrogens (tertiary/aromatic N) is 1. The van der Waals surface area contributed by atoms with E-state index < -0.39 is 0 Å². The summed E-state index contributed by atoms with van der Waals surface area (Å²) in [5.74, 6) is 2.53. The van der Waals surface area contributed by atoms with Crippen LogP contribution >= 0.6 is 0 Å². The van der Waals surface area contributed by atoms with Crippen molar-refractivity contribution in [3.63, 3.8) is 0 Å². The van der Waals surface area contributed by atoms with Gasteiger partial charge in [0.2, 0.25) is 5.91 Å². The molecular formula is C13H21NO. The smallest absolute Gasteiger partial charge is 0.225 e. The van der Waals surface area contributed by atoms with Gasteiger partial charge in [0.25, 0.3) is 0 Å². The average molecular weight is 207 g/mol. The summed E-state index contributed by atoms with van der Waals surface area (Å²) in [5.41, 5.74) is 0. The van der Waals surface area contributed by atoms with E-state index in [2.05, 4.69) is 4.90 Å². The first kappa shape index (κ1) is 9.68. The Labute approximate surface area is 92.0 Å². The predicted octanol–water partition coefficient (Wildman–Crippen LogP) is 2.44. The van der Waals surface area contributed by atoms with Gasteiger partial charge in [-0.25, -0.2) is 0 Å². The second-order valence-corrected chi connectivity index (χ2v) is 5.66. The second kappa shape index (κ2) is 3.80. The molecule has 1 saturated heterocycles. The van der Waals surface area contributed by atoms with E-state index in [1.54, 1.807) is 0 Å². The van der Waals surface area contributed by atoms with Crippen LogP contribution in [-0.2, 0) is 4.79 Å². The summed E-state index contributed by atoms with van der Waals surface area (Å²) in [4.78, 5) is 14.4. The van der Waals surface area contributed by atoms with Crippen molar-refractivity contribution < 1.29 is 4.79 Å². The van der Waals surface area contributed by atoms with Gasteiger partial charge in [-0.1, -0.05) is 12.8 Å². The zero-order valence-electron chi connectivity index (χ0n) is 9.45. The number of rotatable bonds is 1. The Hall–Kier alpha value is -0.530. The van der Waals surface area contributed by atoms with E-state index >= 15 is 0 Å². The molecule has 0 spiro atoms. The molecule has 1 aliphatic heterocycles. The van der Waals surface area contributed by atoms with Gasteiger partial charge >= 0.3 is 0 Å². The summed E-state index contributed by atoms with van der Waals surface area (Å²) in [6, 6.07) is 0. The summed E-state index contributed by atoms with van der Waals surface area (Å²) < 4.78 is 0. The monoisotopic (exact) mass is 207 g/mol. The highest BCUT2D eigenvalue weighted by Crippen LogP contribution is 2.45. The number of carbonyl (C=O) groups excluding carboxylic acids is 1. The first-order chi connectivity index (χ1) is 7.34. The van der Waals surface area contributed by atoms with Gasteiger partial charge in [0.1, 0.15) is 0 Å². The van der Waals surface area contributed by atoms with Crippen molar-refractivity contribution in [2.45, 2.75) is 44.9 Å². The molecule has 2 bridgehead atoms. The normalized spacial score (nSPS) is 39.7. The SMILES string of the molecule is O=C(C1CC2CCC1CC2)N1CCCC1. The fraction of sp³-hybridized carbons (Fsp3) is 0.923. The lowest BCUT2D eigenvalue weighted by Crippen LogP contribution is -2.43. The van der Waals surface area contributed by atoms with Crippen LogP contribution in [0, 0.1) is 17.8 Å². The van der Waals surface area contributed by atoms with Crippen LogP contribution in [0.3, 0.4) is 0 Å². The summed E-state index contributed by atoms with van der Waals surface area (Å²) >= 11 is 0. The van der Waals surface area contributed by atoms with E-state index in [0.29, 0.717) is 11.8 Å². The van der Waals surface area contributed by atoms with Crippen molar-refractivity contribution in [1.82, 2.24) is 4.90 Å². The largest absolute Gasteiger partial charge is 0.342 e. The maximum absolute atomic E-state index is 12.3. The fourth-order valence-corrected chi connectivity index (χ4v) is 3.85. The Morgan fingerprint density at radius 3 is 2.20 bits per heavy atom. The number of amides is 1. The van der Waals surface area contributed by atoms with E-state index in [1.165, 1.54) is 44.9 Å². The molecule has 2 heteroatoms. The van der Waals surface area contributed by atoms with E-state index in [9.17, 15) is 4.79 Å². The van der Waals surface area contributed by atoms with E-state index in [-0.39, 0.29) is 0 Å². The lowest BCUT2D eigenvalue weighted by molar-refractivity contribution is -0.139. The molecule has 1 amide bonds. The van der Waals surface area contributed by atoms with Crippen molar-refractivity contribution in [2.24, 2.45) is 17.8 Å². The third-order valence-corrected chi connectivity index (χ3v) is 4.78. The minimum absolute atomic E-state index is 0.413. The Morgan fingerprint density at radius 2 is 1.67 bits per heavy atom. The molecule has 3 saturated carbocycles. The van der Waals surface area contributed by atoms with Gasteiger partial charge < -0.3 is 4.90 Å². The predicted molar refractivity (Wildman–Crippen MR) is 59.4 cm³/mol. The third-order valence-electron chi connectivity index (χ3n) is 4.78. The molecule has 1 atom stereocenters. The molecule has 2 nitrogen and oxygen atoms in total. The van der Waals surface area contributed by atoms with Crippen LogP contribution in [0.1, 0.15) is 44.9 Å². The zero-order valence-corrected chi connectivity index (χ0v) is 9.45. The van der Waals surface area contributed by atoms with Gasteiger partial charge in [-0.05, 0) is 43.9 Å². The van der Waals surface area contributed by atoms with E-state index in [0.717, 1.165) is 24.9 Å². The summed E-state index contributed by atoms with van der Waals surface area (Å²) in [7, 11) is 0. The molecule has 1 unspecified atom stereocenters. The second-order valence-electron chi connectivity index (χ2n) is 5.66. The first-order valence-corrected chi connectivity index (χ1v) is 6.63. The lowest BCUT2D eigenvalue weighted by atomic mass is 9.64. The molecule has 0 radical (unpaired) electrons. The van der Waals surface area contributed by atoms with E-state index in [4.69, 9.17) is 0 Å². The highest BCUT2D eigenvalue weighted by Gasteiger charge is 2.41. The van der Waals surface area contributed by atoms with Gasteiger partial charge in [-0.3, -0.25) is 4.79 Å². The quantitative estimate of drug-likeness (QED) is 0.646. The van der Waals surface area contributed by atoms with Crippen molar-refractivity contribution in [2.75, 3.05) is 13.1 Å². The molecule has 1 heterocycles. The minimum Gasteiger partial charge on any atom is -0.342 e. The molecule has 0 aromatic carbocycles. The molecule has 4 fully saturated rings.